The monoisotopic (exact) mass is 254 g/mol. The number of aliphatic hydroxyl groups is 1. The van der Waals surface area contributed by atoms with Gasteiger partial charge in [0.1, 0.15) is 6.61 Å². The van der Waals surface area contributed by atoms with Crippen LogP contribution in [0.1, 0.15) is 5.82 Å². The number of aromatic nitrogens is 4. The Morgan fingerprint density at radius 3 is 2.93 bits per heavy atom. The number of aliphatic hydroxyl groups excluding tert-OH is 1. The van der Waals surface area contributed by atoms with Gasteiger partial charge in [0.05, 0.1) is 5.69 Å². The Morgan fingerprint density at radius 2 is 2.29 bits per heavy atom. The van der Waals surface area contributed by atoms with Gasteiger partial charge in [-0.1, -0.05) is 22.0 Å². The van der Waals surface area contributed by atoms with E-state index in [2.05, 4.69) is 31.3 Å². The SMILES string of the molecule is OCc1nnn(-c2cccc(Br)c2)n1. The van der Waals surface area contributed by atoms with Gasteiger partial charge in [-0.2, -0.15) is 0 Å². The van der Waals surface area contributed by atoms with E-state index in [1.54, 1.807) is 0 Å². The summed E-state index contributed by atoms with van der Waals surface area (Å²) in [6, 6.07) is 7.51. The van der Waals surface area contributed by atoms with Crippen molar-refractivity contribution in [3.8, 4) is 5.69 Å². The molecule has 2 rings (SSSR count). The van der Waals surface area contributed by atoms with Gasteiger partial charge in [-0.3, -0.25) is 0 Å². The number of nitrogens with zero attached hydrogens (tertiary/aromatic N) is 4. The summed E-state index contributed by atoms with van der Waals surface area (Å²) in [6.07, 6.45) is 0. The molecule has 0 amide bonds. The standard InChI is InChI=1S/C8H7BrN4O/c9-6-2-1-3-7(4-6)13-11-8(5-14)10-12-13/h1-4,14H,5H2. The third kappa shape index (κ3) is 1.80. The molecule has 0 bridgehead atoms. The summed E-state index contributed by atoms with van der Waals surface area (Å²) < 4.78 is 0.942. The van der Waals surface area contributed by atoms with E-state index in [0.717, 1.165) is 10.2 Å². The molecular formula is C8H7BrN4O. The van der Waals surface area contributed by atoms with E-state index in [4.69, 9.17) is 5.11 Å². The maximum absolute atomic E-state index is 8.76. The third-order valence-corrected chi connectivity index (χ3v) is 2.13. The van der Waals surface area contributed by atoms with E-state index in [9.17, 15) is 0 Å². The van der Waals surface area contributed by atoms with Crippen LogP contribution in [0.25, 0.3) is 5.69 Å². The quantitative estimate of drug-likeness (QED) is 0.866. The molecule has 0 aliphatic heterocycles. The topological polar surface area (TPSA) is 63.8 Å². The number of benzene rings is 1. The molecule has 72 valence electrons. The molecule has 1 aromatic carbocycles. The minimum atomic E-state index is -0.200. The van der Waals surface area contributed by atoms with Gasteiger partial charge in [-0.05, 0) is 23.4 Å². The number of halogens is 1. The fourth-order valence-corrected chi connectivity index (χ4v) is 1.40. The molecule has 0 spiro atoms. The van der Waals surface area contributed by atoms with Crippen molar-refractivity contribution in [1.29, 1.82) is 0 Å². The minimum absolute atomic E-state index is 0.200. The second kappa shape index (κ2) is 3.85. The minimum Gasteiger partial charge on any atom is -0.388 e. The second-order valence-electron chi connectivity index (χ2n) is 2.63. The number of tetrazole rings is 1. The first-order valence-corrected chi connectivity index (χ1v) is 4.74. The Bertz CT molecular complexity index is 442. The summed E-state index contributed by atoms with van der Waals surface area (Å²) in [5.74, 6) is 0.310. The van der Waals surface area contributed by atoms with Gasteiger partial charge >= 0.3 is 0 Å². The lowest BCUT2D eigenvalue weighted by molar-refractivity contribution is 0.271. The third-order valence-electron chi connectivity index (χ3n) is 1.64. The van der Waals surface area contributed by atoms with Crippen molar-refractivity contribution in [2.75, 3.05) is 0 Å². The number of rotatable bonds is 2. The first kappa shape index (κ1) is 9.29. The highest BCUT2D eigenvalue weighted by Crippen LogP contribution is 2.13. The molecule has 0 unspecified atom stereocenters. The van der Waals surface area contributed by atoms with Crippen LogP contribution in [-0.4, -0.2) is 25.3 Å². The van der Waals surface area contributed by atoms with Crippen LogP contribution in [0.15, 0.2) is 28.7 Å². The van der Waals surface area contributed by atoms with E-state index in [0.29, 0.717) is 5.82 Å². The van der Waals surface area contributed by atoms with Gasteiger partial charge in [0.25, 0.3) is 0 Å². The van der Waals surface area contributed by atoms with Crippen molar-refractivity contribution in [2.45, 2.75) is 6.61 Å². The molecule has 1 N–H and O–H groups in total. The van der Waals surface area contributed by atoms with Crippen molar-refractivity contribution in [3.05, 3.63) is 34.6 Å². The average Bonchev–Trinajstić information content (AvgIpc) is 2.66. The molecule has 0 aliphatic carbocycles. The maximum atomic E-state index is 8.76. The van der Waals surface area contributed by atoms with Crippen LogP contribution in [0.5, 0.6) is 0 Å². The Hall–Kier alpha value is -1.27. The molecule has 0 atom stereocenters. The second-order valence-corrected chi connectivity index (χ2v) is 3.55. The molecule has 1 aromatic heterocycles. The first-order valence-electron chi connectivity index (χ1n) is 3.95. The van der Waals surface area contributed by atoms with Crippen molar-refractivity contribution in [1.82, 2.24) is 20.2 Å². The van der Waals surface area contributed by atoms with E-state index < -0.39 is 0 Å². The van der Waals surface area contributed by atoms with Crippen molar-refractivity contribution >= 4 is 15.9 Å². The summed E-state index contributed by atoms with van der Waals surface area (Å²) in [6.45, 7) is -0.200. The molecule has 5 nitrogen and oxygen atoms in total. The smallest absolute Gasteiger partial charge is 0.200 e. The highest BCUT2D eigenvalue weighted by atomic mass is 79.9. The maximum Gasteiger partial charge on any atom is 0.200 e. The summed E-state index contributed by atoms with van der Waals surface area (Å²) in [5, 5.41) is 20.2. The molecule has 14 heavy (non-hydrogen) atoms. The summed E-state index contributed by atoms with van der Waals surface area (Å²) in [5.41, 5.74) is 0.798. The van der Waals surface area contributed by atoms with Crippen LogP contribution in [-0.2, 0) is 6.61 Å². The first-order chi connectivity index (χ1) is 6.79. The summed E-state index contributed by atoms with van der Waals surface area (Å²) >= 11 is 3.34. The van der Waals surface area contributed by atoms with Crippen LogP contribution in [0, 0.1) is 0 Å². The van der Waals surface area contributed by atoms with E-state index >= 15 is 0 Å². The van der Waals surface area contributed by atoms with Gasteiger partial charge < -0.3 is 5.11 Å². The molecule has 0 fully saturated rings. The zero-order valence-corrected chi connectivity index (χ0v) is 8.72. The zero-order chi connectivity index (χ0) is 9.97. The Labute approximate surface area is 88.5 Å². The highest BCUT2D eigenvalue weighted by Gasteiger charge is 2.02. The van der Waals surface area contributed by atoms with Gasteiger partial charge in [0, 0.05) is 4.47 Å². The van der Waals surface area contributed by atoms with E-state index in [-0.39, 0.29) is 6.61 Å². The molecule has 2 aromatic rings. The predicted molar refractivity (Wildman–Crippen MR) is 52.8 cm³/mol. The molecule has 0 saturated carbocycles. The van der Waals surface area contributed by atoms with Crippen LogP contribution in [0.3, 0.4) is 0 Å². The van der Waals surface area contributed by atoms with E-state index in [1.165, 1.54) is 4.80 Å². The van der Waals surface area contributed by atoms with Crippen molar-refractivity contribution in [2.24, 2.45) is 0 Å². The lowest BCUT2D eigenvalue weighted by Gasteiger charge is -1.97. The number of hydrogen-bond donors (Lipinski definition) is 1. The molecule has 0 radical (unpaired) electrons. The molecule has 0 aliphatic rings. The molecule has 1 heterocycles. The highest BCUT2D eigenvalue weighted by molar-refractivity contribution is 9.10. The Balaban J connectivity index is 2.39. The normalized spacial score (nSPS) is 10.4. The summed E-state index contributed by atoms with van der Waals surface area (Å²) in [7, 11) is 0. The molecular weight excluding hydrogens is 248 g/mol. The van der Waals surface area contributed by atoms with Crippen molar-refractivity contribution in [3.63, 3.8) is 0 Å². The Kier molecular flexibility index (Phi) is 2.55. The Morgan fingerprint density at radius 1 is 1.43 bits per heavy atom. The van der Waals surface area contributed by atoms with Gasteiger partial charge in [-0.15, -0.1) is 15.0 Å². The average molecular weight is 255 g/mol. The van der Waals surface area contributed by atoms with Gasteiger partial charge in [0.15, 0.2) is 0 Å². The molecule has 6 heteroatoms. The molecule has 0 saturated heterocycles. The fraction of sp³-hybridized carbons (Fsp3) is 0.125. The predicted octanol–water partition coefficient (Wildman–Crippen LogP) is 0.917. The lowest BCUT2D eigenvalue weighted by Crippen LogP contribution is -1.99. The van der Waals surface area contributed by atoms with Gasteiger partial charge in [-0.25, -0.2) is 0 Å². The number of hydrogen-bond acceptors (Lipinski definition) is 4. The van der Waals surface area contributed by atoms with Crippen LogP contribution in [0.2, 0.25) is 0 Å². The van der Waals surface area contributed by atoms with Gasteiger partial charge in [0.2, 0.25) is 5.82 Å². The summed E-state index contributed by atoms with van der Waals surface area (Å²) in [4.78, 5) is 1.37. The van der Waals surface area contributed by atoms with Crippen LogP contribution < -0.4 is 0 Å². The van der Waals surface area contributed by atoms with Crippen LogP contribution >= 0.6 is 15.9 Å². The lowest BCUT2D eigenvalue weighted by atomic mass is 10.3. The zero-order valence-electron chi connectivity index (χ0n) is 7.13. The largest absolute Gasteiger partial charge is 0.388 e. The fourth-order valence-electron chi connectivity index (χ4n) is 1.02. The van der Waals surface area contributed by atoms with E-state index in [1.807, 2.05) is 24.3 Å². The van der Waals surface area contributed by atoms with Crippen molar-refractivity contribution < 1.29 is 5.11 Å². The van der Waals surface area contributed by atoms with Crippen LogP contribution in [0.4, 0.5) is 0 Å².